The van der Waals surface area contributed by atoms with Gasteiger partial charge in [-0.15, -0.1) is 18.2 Å². The number of nitrogens with zero attached hydrogens (tertiary/aromatic N) is 2. The zero-order valence-electron chi connectivity index (χ0n) is 34.0. The number of aromatic nitrogens is 2. The van der Waals surface area contributed by atoms with Gasteiger partial charge in [-0.3, -0.25) is 0 Å². The van der Waals surface area contributed by atoms with Crippen LogP contribution in [0.25, 0.3) is 55.6 Å². The molecule has 0 atom stereocenters. The molecule has 0 fully saturated rings. The third-order valence-corrected chi connectivity index (χ3v) is 11.7. The van der Waals surface area contributed by atoms with Gasteiger partial charge in [0.1, 0.15) is 5.58 Å². The molecular weight excluding hydrogens is 789 g/mol. The van der Waals surface area contributed by atoms with Crippen molar-refractivity contribution in [3.05, 3.63) is 138 Å². The van der Waals surface area contributed by atoms with Crippen LogP contribution in [-0.2, 0) is 20.1 Å². The Bertz CT molecular complexity index is 2390. The molecule has 0 amide bonds. The third-order valence-electron chi connectivity index (χ3n) is 7.46. The number of rotatable bonds is 4. The second-order valence-electron chi connectivity index (χ2n) is 11.5. The van der Waals surface area contributed by atoms with Crippen molar-refractivity contribution >= 4 is 39.6 Å². The van der Waals surface area contributed by atoms with Gasteiger partial charge in [0, 0.05) is 44.0 Å². The Morgan fingerprint density at radius 3 is 2.16 bits per heavy atom. The standard InChI is InChI=1S/C26H20NO.C14H16GeN.Ir/c1-16-14-24(27-15-17(16)2)23-11-7-10-21-22-13-12-20(19-8-5-4-6-9-19)18(3)25(22)28-26(21)23;1-15(2,3)13-9-10-14(16-11-13)12-7-5-4-6-8-12;/h4-10,12-15H,1-3H3;4-7,9-11H,1-3H3;/q2*-1;/i1D3,2D3,3D3;;. The minimum absolute atomic E-state index is 0. The van der Waals surface area contributed by atoms with E-state index in [1.165, 1.54) is 10.5 Å². The van der Waals surface area contributed by atoms with E-state index in [9.17, 15) is 0 Å². The Hall–Kier alpha value is -3.83. The molecule has 3 nitrogen and oxygen atoms in total. The minimum atomic E-state index is -2.69. The average molecular weight is 835 g/mol. The molecule has 5 heteroatoms. The first-order valence-electron chi connectivity index (χ1n) is 18.7. The molecule has 0 aliphatic heterocycles. The average Bonchev–Trinajstić information content (AvgIpc) is 3.49. The molecule has 0 unspecified atom stereocenters. The molecule has 7 rings (SSSR count). The number of benzene rings is 4. The molecule has 0 aliphatic carbocycles. The predicted octanol–water partition coefficient (Wildman–Crippen LogP) is 10.1. The normalized spacial score (nSPS) is 15.0. The molecule has 1 radical (unpaired) electrons. The smallest absolute Gasteiger partial charge is 0 e. The van der Waals surface area contributed by atoms with Gasteiger partial charge in [-0.2, -0.15) is 0 Å². The zero-order chi connectivity index (χ0) is 38.3. The maximum Gasteiger partial charge on any atom is 0 e. The molecule has 227 valence electrons. The summed E-state index contributed by atoms with van der Waals surface area (Å²) in [5, 5.41) is 1.18. The molecule has 0 bridgehead atoms. The summed E-state index contributed by atoms with van der Waals surface area (Å²) in [6.45, 7) is -7.84. The summed E-state index contributed by atoms with van der Waals surface area (Å²) in [6, 6.07) is 35.7. The van der Waals surface area contributed by atoms with Gasteiger partial charge < -0.3 is 9.40 Å². The van der Waals surface area contributed by atoms with Crippen LogP contribution in [0.5, 0.6) is 0 Å². The van der Waals surface area contributed by atoms with Crippen LogP contribution in [0, 0.1) is 32.7 Å². The van der Waals surface area contributed by atoms with Gasteiger partial charge in [-0.25, -0.2) is 0 Å². The number of furan rings is 1. The Morgan fingerprint density at radius 1 is 0.689 bits per heavy atom. The van der Waals surface area contributed by atoms with Gasteiger partial charge >= 0.3 is 99.8 Å². The Morgan fingerprint density at radius 2 is 1.47 bits per heavy atom. The maximum absolute atomic E-state index is 8.25. The summed E-state index contributed by atoms with van der Waals surface area (Å²) in [7, 11) is 0. The first kappa shape index (κ1) is 22.6. The molecule has 0 N–H and O–H groups in total. The monoisotopic (exact) mass is 836 g/mol. The quantitative estimate of drug-likeness (QED) is 0.131. The number of hydrogen-bond donors (Lipinski definition) is 0. The Labute approximate surface area is 295 Å². The van der Waals surface area contributed by atoms with Crippen LogP contribution in [0.1, 0.15) is 29.0 Å². The second kappa shape index (κ2) is 13.7. The zero-order valence-corrected chi connectivity index (χ0v) is 29.5. The van der Waals surface area contributed by atoms with Gasteiger partial charge in [0.25, 0.3) is 0 Å². The fourth-order valence-corrected chi connectivity index (χ4v) is 7.17. The van der Waals surface area contributed by atoms with Crippen molar-refractivity contribution in [1.29, 1.82) is 0 Å². The number of fused-ring (bicyclic) bond motifs is 3. The summed E-state index contributed by atoms with van der Waals surface area (Å²) in [4.78, 5) is 8.76. The summed E-state index contributed by atoms with van der Waals surface area (Å²) in [6.07, 6.45) is 3.08. The van der Waals surface area contributed by atoms with E-state index in [4.69, 9.17) is 16.8 Å². The molecule has 0 saturated carbocycles. The van der Waals surface area contributed by atoms with E-state index >= 15 is 0 Å². The van der Waals surface area contributed by atoms with Gasteiger partial charge in [-0.05, 0) is 48.5 Å². The van der Waals surface area contributed by atoms with Crippen molar-refractivity contribution in [2.24, 2.45) is 0 Å². The van der Waals surface area contributed by atoms with Crippen LogP contribution in [-0.4, -0.2) is 23.2 Å². The number of pyridine rings is 2. The predicted molar refractivity (Wildman–Crippen MR) is 187 cm³/mol. The van der Waals surface area contributed by atoms with E-state index in [-0.39, 0.29) is 53.7 Å². The van der Waals surface area contributed by atoms with Crippen LogP contribution >= 0.6 is 0 Å². The molecule has 0 saturated heterocycles. The van der Waals surface area contributed by atoms with E-state index in [2.05, 4.69) is 51.5 Å². The minimum Gasteiger partial charge on any atom is 0 e. The van der Waals surface area contributed by atoms with Crippen molar-refractivity contribution in [1.82, 2.24) is 9.97 Å². The van der Waals surface area contributed by atoms with Crippen molar-refractivity contribution in [3.63, 3.8) is 0 Å². The van der Waals surface area contributed by atoms with E-state index in [0.717, 1.165) is 23.0 Å². The van der Waals surface area contributed by atoms with E-state index in [1.54, 1.807) is 24.3 Å². The Balaban J connectivity index is 0.000000276. The van der Waals surface area contributed by atoms with Crippen LogP contribution in [0.15, 0.2) is 114 Å². The Kier molecular flexibility index (Phi) is 6.87. The fraction of sp³-hybridized carbons (Fsp3) is 0.150. The largest absolute Gasteiger partial charge is 0 e. The van der Waals surface area contributed by atoms with E-state index < -0.39 is 33.8 Å². The number of aryl methyl sites for hydroxylation is 3. The second-order valence-corrected chi connectivity index (χ2v) is 22.2. The molecule has 0 spiro atoms. The first-order valence-corrected chi connectivity index (χ1v) is 21.6. The topological polar surface area (TPSA) is 38.9 Å². The molecule has 3 heterocycles. The van der Waals surface area contributed by atoms with Gasteiger partial charge in [0.15, 0.2) is 0 Å². The van der Waals surface area contributed by atoms with Crippen LogP contribution in [0.3, 0.4) is 0 Å². The fourth-order valence-electron chi connectivity index (χ4n) is 5.00. The maximum atomic E-state index is 8.25. The summed E-state index contributed by atoms with van der Waals surface area (Å²) in [5.74, 6) is 7.14. The molecule has 4 aromatic carbocycles. The van der Waals surface area contributed by atoms with Crippen molar-refractivity contribution in [2.75, 3.05) is 0 Å². The van der Waals surface area contributed by atoms with E-state index in [1.807, 2.05) is 60.8 Å². The van der Waals surface area contributed by atoms with E-state index in [0.29, 0.717) is 21.9 Å². The summed E-state index contributed by atoms with van der Waals surface area (Å²) in [5.41, 5.74) is 3.61. The molecule has 7 aromatic rings. The first-order chi connectivity index (χ1) is 24.8. The number of hydrogen-bond acceptors (Lipinski definition) is 3. The van der Waals surface area contributed by atoms with Crippen LogP contribution < -0.4 is 4.40 Å². The summed E-state index contributed by atoms with van der Waals surface area (Å²) < 4.78 is 79.1. The third kappa shape index (κ3) is 6.89. The van der Waals surface area contributed by atoms with Gasteiger partial charge in [-0.1, -0.05) is 65.0 Å². The molecule has 0 aliphatic rings. The van der Waals surface area contributed by atoms with Crippen LogP contribution in [0.4, 0.5) is 0 Å². The SMILES string of the molecule is [2H]C([2H])([2H])c1cnc(-c2[c-]ccc3c2oc2c(C([2H])([2H])[2H])c(-c4ccccc4)ccc23)cc1C([2H])([2H])[2H].[CH3][Ge]([CH3])([CH3])[c]1ccc(-c2[c-]cccc2)nc1.[Ir]. The van der Waals surface area contributed by atoms with Crippen molar-refractivity contribution in [2.45, 2.75) is 37.8 Å². The molecule has 3 aromatic heterocycles. The van der Waals surface area contributed by atoms with Crippen LogP contribution in [0.2, 0.25) is 17.3 Å². The van der Waals surface area contributed by atoms with Crippen molar-refractivity contribution in [3.8, 4) is 33.6 Å². The summed E-state index contributed by atoms with van der Waals surface area (Å²) >= 11 is -1.72. The van der Waals surface area contributed by atoms with Gasteiger partial charge in [0.05, 0.1) is 5.58 Å². The van der Waals surface area contributed by atoms with Gasteiger partial charge in [0.2, 0.25) is 0 Å². The molecular formula is C40H36GeIrN2O-2. The molecule has 45 heavy (non-hydrogen) atoms. The van der Waals surface area contributed by atoms with Crippen molar-refractivity contribution < 1.29 is 36.9 Å².